The van der Waals surface area contributed by atoms with Crippen LogP contribution in [0.15, 0.2) is 11.6 Å². The molecule has 0 radical (unpaired) electrons. The Hall–Kier alpha value is -0.830. The Balaban J connectivity index is 2.63. The molecule has 1 aliphatic rings. The van der Waals surface area contributed by atoms with Crippen molar-refractivity contribution in [1.29, 1.82) is 0 Å². The molecule has 2 atom stereocenters. The predicted octanol–water partition coefficient (Wildman–Crippen LogP) is 0.154. The number of carbonyl (C=O) groups excluding carboxylic acids is 1. The summed E-state index contributed by atoms with van der Waals surface area (Å²) in [7, 11) is 1.69. The highest BCUT2D eigenvalue weighted by Gasteiger charge is 2.41. The molecule has 1 rings (SSSR count). The quantitative estimate of drug-likeness (QED) is 0.432. The van der Waals surface area contributed by atoms with Gasteiger partial charge in [-0.15, -0.1) is 0 Å². The molecule has 1 fully saturated rings. The number of β-lactam (4-membered cyclic amide) rings is 1. The summed E-state index contributed by atoms with van der Waals surface area (Å²) >= 11 is 0. The molecule has 11 heavy (non-hydrogen) atoms. The molecule has 62 valence electrons. The van der Waals surface area contributed by atoms with Gasteiger partial charge in [0.1, 0.15) is 0 Å². The SMILES string of the molecule is CC(C)=C[C@@H]1[C@H](O)C(=O)N1C. The van der Waals surface area contributed by atoms with Crippen LogP contribution in [0.5, 0.6) is 0 Å². The van der Waals surface area contributed by atoms with Gasteiger partial charge in [-0.25, -0.2) is 0 Å². The smallest absolute Gasteiger partial charge is 0.254 e. The molecule has 0 aliphatic carbocycles. The van der Waals surface area contributed by atoms with Gasteiger partial charge in [0.15, 0.2) is 6.10 Å². The van der Waals surface area contributed by atoms with Crippen LogP contribution in [0.25, 0.3) is 0 Å². The molecule has 0 spiro atoms. The van der Waals surface area contributed by atoms with Gasteiger partial charge in [-0.1, -0.05) is 11.6 Å². The van der Waals surface area contributed by atoms with Crippen LogP contribution < -0.4 is 0 Å². The molecule has 0 aromatic heterocycles. The third-order valence-corrected chi connectivity index (χ3v) is 1.88. The fourth-order valence-electron chi connectivity index (χ4n) is 1.18. The second kappa shape index (κ2) is 2.66. The molecule has 3 nitrogen and oxygen atoms in total. The van der Waals surface area contributed by atoms with E-state index in [1.165, 1.54) is 4.90 Å². The van der Waals surface area contributed by atoms with E-state index in [4.69, 9.17) is 5.11 Å². The van der Waals surface area contributed by atoms with Crippen molar-refractivity contribution in [2.45, 2.75) is 26.0 Å². The van der Waals surface area contributed by atoms with E-state index in [1.807, 2.05) is 19.9 Å². The summed E-state index contributed by atoms with van der Waals surface area (Å²) in [6, 6.07) is -0.104. The third kappa shape index (κ3) is 1.28. The molecule has 1 heterocycles. The largest absolute Gasteiger partial charge is 0.381 e. The van der Waals surface area contributed by atoms with Crippen LogP contribution in [0.1, 0.15) is 13.8 Å². The lowest BCUT2D eigenvalue weighted by molar-refractivity contribution is -0.159. The molecule has 1 saturated heterocycles. The van der Waals surface area contributed by atoms with Crippen LogP contribution in [0.4, 0.5) is 0 Å². The van der Waals surface area contributed by atoms with Crippen molar-refractivity contribution >= 4 is 5.91 Å². The number of carbonyl (C=O) groups is 1. The standard InChI is InChI=1S/C8H13NO2/c1-5(2)4-6-7(10)8(11)9(6)3/h4,6-7,10H,1-3H3/t6-,7+/m1/s1. The summed E-state index contributed by atoms with van der Waals surface area (Å²) in [6.45, 7) is 3.90. The highest BCUT2D eigenvalue weighted by Crippen LogP contribution is 2.19. The van der Waals surface area contributed by atoms with Gasteiger partial charge < -0.3 is 10.0 Å². The minimum absolute atomic E-state index is 0.104. The maximum Gasteiger partial charge on any atom is 0.254 e. The number of amides is 1. The molecule has 0 unspecified atom stereocenters. The maximum absolute atomic E-state index is 10.8. The zero-order valence-electron chi connectivity index (χ0n) is 7.03. The maximum atomic E-state index is 10.8. The van der Waals surface area contributed by atoms with Crippen LogP contribution >= 0.6 is 0 Å². The second-order valence-electron chi connectivity index (χ2n) is 3.13. The summed E-state index contributed by atoms with van der Waals surface area (Å²) < 4.78 is 0. The van der Waals surface area contributed by atoms with Crippen molar-refractivity contribution in [2.24, 2.45) is 0 Å². The topological polar surface area (TPSA) is 40.5 Å². The van der Waals surface area contributed by atoms with Gasteiger partial charge in [0.2, 0.25) is 0 Å². The number of likely N-dealkylation sites (tertiary alicyclic amines) is 1. The van der Waals surface area contributed by atoms with E-state index in [1.54, 1.807) is 7.05 Å². The summed E-state index contributed by atoms with van der Waals surface area (Å²) in [4.78, 5) is 12.3. The molecule has 0 bridgehead atoms. The van der Waals surface area contributed by atoms with Crippen LogP contribution in [-0.4, -0.2) is 35.1 Å². The van der Waals surface area contributed by atoms with Gasteiger partial charge in [0.25, 0.3) is 5.91 Å². The van der Waals surface area contributed by atoms with Gasteiger partial charge in [-0.3, -0.25) is 4.79 Å². The highest BCUT2D eigenvalue weighted by molar-refractivity contribution is 5.88. The number of hydrogen-bond donors (Lipinski definition) is 1. The summed E-state index contributed by atoms with van der Waals surface area (Å²) in [5.74, 6) is -0.187. The Morgan fingerprint density at radius 3 is 2.55 bits per heavy atom. The molecule has 0 aromatic rings. The molecule has 0 saturated carbocycles. The molecular formula is C8H13NO2. The lowest BCUT2D eigenvalue weighted by atomic mass is 9.97. The molecule has 1 amide bonds. The number of rotatable bonds is 1. The lowest BCUT2D eigenvalue weighted by Crippen LogP contribution is -2.61. The Morgan fingerprint density at radius 1 is 1.64 bits per heavy atom. The number of likely N-dealkylation sites (N-methyl/N-ethyl adjacent to an activating group) is 1. The first kappa shape index (κ1) is 8.27. The van der Waals surface area contributed by atoms with Gasteiger partial charge in [0.05, 0.1) is 6.04 Å². The van der Waals surface area contributed by atoms with E-state index in [0.29, 0.717) is 0 Å². The zero-order valence-corrected chi connectivity index (χ0v) is 7.03. The Bertz CT molecular complexity index is 194. The summed E-state index contributed by atoms with van der Waals surface area (Å²) in [6.07, 6.45) is 1.08. The summed E-state index contributed by atoms with van der Waals surface area (Å²) in [5, 5.41) is 9.16. The van der Waals surface area contributed by atoms with Crippen LogP contribution in [0, 0.1) is 0 Å². The first-order valence-corrected chi connectivity index (χ1v) is 3.64. The van der Waals surface area contributed by atoms with Crippen LogP contribution in [0.3, 0.4) is 0 Å². The first-order valence-electron chi connectivity index (χ1n) is 3.64. The van der Waals surface area contributed by atoms with Gasteiger partial charge in [-0.2, -0.15) is 0 Å². The van der Waals surface area contributed by atoms with Gasteiger partial charge in [0, 0.05) is 7.05 Å². The predicted molar refractivity (Wildman–Crippen MR) is 42.0 cm³/mol. The number of aliphatic hydroxyl groups excluding tert-OH is 1. The number of nitrogens with zero attached hydrogens (tertiary/aromatic N) is 1. The van der Waals surface area contributed by atoms with Gasteiger partial charge in [-0.05, 0) is 13.8 Å². The van der Waals surface area contributed by atoms with E-state index in [9.17, 15) is 4.79 Å². The van der Waals surface area contributed by atoms with E-state index in [-0.39, 0.29) is 11.9 Å². The molecule has 0 aromatic carbocycles. The van der Waals surface area contributed by atoms with Crippen molar-refractivity contribution in [3.05, 3.63) is 11.6 Å². The third-order valence-electron chi connectivity index (χ3n) is 1.88. The Labute approximate surface area is 66.3 Å². The molecule has 3 heteroatoms. The van der Waals surface area contributed by atoms with Crippen molar-refractivity contribution in [3.8, 4) is 0 Å². The van der Waals surface area contributed by atoms with Crippen molar-refractivity contribution in [3.63, 3.8) is 0 Å². The van der Waals surface area contributed by atoms with Crippen LogP contribution in [-0.2, 0) is 4.79 Å². The highest BCUT2D eigenvalue weighted by atomic mass is 16.3. The van der Waals surface area contributed by atoms with E-state index < -0.39 is 6.10 Å². The van der Waals surface area contributed by atoms with Crippen molar-refractivity contribution in [1.82, 2.24) is 4.90 Å². The lowest BCUT2D eigenvalue weighted by Gasteiger charge is -2.40. The van der Waals surface area contributed by atoms with Crippen LogP contribution in [0.2, 0.25) is 0 Å². The van der Waals surface area contributed by atoms with Gasteiger partial charge >= 0.3 is 0 Å². The van der Waals surface area contributed by atoms with E-state index in [0.717, 1.165) is 5.57 Å². The summed E-state index contributed by atoms with van der Waals surface area (Å²) in [5.41, 5.74) is 1.12. The van der Waals surface area contributed by atoms with Crippen molar-refractivity contribution < 1.29 is 9.90 Å². The second-order valence-corrected chi connectivity index (χ2v) is 3.13. The molecule has 1 aliphatic heterocycles. The van der Waals surface area contributed by atoms with E-state index >= 15 is 0 Å². The normalized spacial score (nSPS) is 29.8. The Kier molecular flexibility index (Phi) is 2.00. The molecule has 1 N–H and O–H groups in total. The minimum atomic E-state index is -0.810. The Morgan fingerprint density at radius 2 is 2.18 bits per heavy atom. The van der Waals surface area contributed by atoms with E-state index in [2.05, 4.69) is 0 Å². The number of allylic oxidation sites excluding steroid dienone is 1. The zero-order chi connectivity index (χ0) is 8.59. The minimum Gasteiger partial charge on any atom is -0.381 e. The first-order chi connectivity index (χ1) is 5.04. The number of aliphatic hydroxyl groups is 1. The van der Waals surface area contributed by atoms with Crippen molar-refractivity contribution in [2.75, 3.05) is 7.05 Å². The fourth-order valence-corrected chi connectivity index (χ4v) is 1.18. The average molecular weight is 155 g/mol. The monoisotopic (exact) mass is 155 g/mol. The number of hydrogen-bond acceptors (Lipinski definition) is 2. The molecular weight excluding hydrogens is 142 g/mol. The average Bonchev–Trinajstić information content (AvgIpc) is 1.98. The fraction of sp³-hybridized carbons (Fsp3) is 0.625.